The van der Waals surface area contributed by atoms with Crippen molar-refractivity contribution in [1.29, 1.82) is 0 Å². The summed E-state index contributed by atoms with van der Waals surface area (Å²) in [5, 5.41) is 9.18. The lowest BCUT2D eigenvalue weighted by atomic mass is 10.0. The van der Waals surface area contributed by atoms with Crippen LogP contribution in [0.25, 0.3) is 0 Å². The van der Waals surface area contributed by atoms with Crippen molar-refractivity contribution < 1.29 is 9.90 Å². The van der Waals surface area contributed by atoms with E-state index in [9.17, 15) is 9.90 Å². The highest BCUT2D eigenvalue weighted by Crippen LogP contribution is 2.24. The van der Waals surface area contributed by atoms with E-state index in [4.69, 9.17) is 0 Å². The first kappa shape index (κ1) is 12.8. The first-order valence-electron chi connectivity index (χ1n) is 6.18. The molecule has 1 aromatic heterocycles. The van der Waals surface area contributed by atoms with Gasteiger partial charge in [0.15, 0.2) is 0 Å². The molecule has 1 saturated heterocycles. The lowest BCUT2D eigenvalue weighted by Gasteiger charge is -2.36. The zero-order valence-electron chi connectivity index (χ0n) is 10.8. The quantitative estimate of drug-likeness (QED) is 0.875. The van der Waals surface area contributed by atoms with Gasteiger partial charge in [-0.2, -0.15) is 0 Å². The normalized spacial score (nSPS) is 17.7. The van der Waals surface area contributed by atoms with Crippen molar-refractivity contribution in [2.24, 2.45) is 0 Å². The molecule has 1 N–H and O–H groups in total. The molecule has 0 amide bonds. The van der Waals surface area contributed by atoms with E-state index >= 15 is 0 Å². The number of aromatic nitrogens is 1. The topological polar surface area (TPSA) is 56.7 Å². The lowest BCUT2D eigenvalue weighted by Crippen LogP contribution is -2.42. The second kappa shape index (κ2) is 5.35. The third-order valence-corrected chi connectivity index (χ3v) is 3.64. The molecule has 5 nitrogen and oxygen atoms in total. The van der Waals surface area contributed by atoms with Crippen LogP contribution in [-0.2, 0) is 0 Å². The molecular formula is C13H19N3O2. The average molecular weight is 249 g/mol. The fourth-order valence-corrected chi connectivity index (χ4v) is 2.44. The van der Waals surface area contributed by atoms with E-state index in [1.807, 2.05) is 7.05 Å². The molecule has 0 spiro atoms. The van der Waals surface area contributed by atoms with Crippen LogP contribution in [0.4, 0.5) is 5.69 Å². The maximum atomic E-state index is 11.2. The Morgan fingerprint density at radius 3 is 2.78 bits per heavy atom. The molecule has 0 aliphatic carbocycles. The van der Waals surface area contributed by atoms with Gasteiger partial charge in [-0.05, 0) is 39.0 Å². The van der Waals surface area contributed by atoms with E-state index in [-0.39, 0.29) is 5.56 Å². The van der Waals surface area contributed by atoms with Crippen LogP contribution in [0.5, 0.6) is 0 Å². The number of carboxylic acids is 1. The summed E-state index contributed by atoms with van der Waals surface area (Å²) in [6.07, 6.45) is 5.19. The van der Waals surface area contributed by atoms with Crippen LogP contribution in [-0.4, -0.2) is 54.2 Å². The van der Waals surface area contributed by atoms with Crippen LogP contribution in [0, 0.1) is 0 Å². The Morgan fingerprint density at radius 2 is 2.17 bits per heavy atom. The van der Waals surface area contributed by atoms with Crippen LogP contribution in [0.15, 0.2) is 18.5 Å². The molecule has 0 unspecified atom stereocenters. The summed E-state index contributed by atoms with van der Waals surface area (Å²) in [7, 11) is 4.09. The number of rotatable bonds is 3. The maximum absolute atomic E-state index is 11.2. The predicted molar refractivity (Wildman–Crippen MR) is 70.1 cm³/mol. The van der Waals surface area contributed by atoms with E-state index in [1.165, 1.54) is 6.20 Å². The van der Waals surface area contributed by atoms with Crippen molar-refractivity contribution >= 4 is 11.7 Å². The standard InChI is InChI=1S/C13H19N3O2/c1-15-7-4-10(5-8-15)16(2)12-3-6-14-9-11(12)13(17)18/h3,6,9-10H,4-5,7-8H2,1-2H3,(H,17,18). The smallest absolute Gasteiger partial charge is 0.339 e. The van der Waals surface area contributed by atoms with Gasteiger partial charge in [0.25, 0.3) is 0 Å². The van der Waals surface area contributed by atoms with Crippen LogP contribution in [0.3, 0.4) is 0 Å². The molecule has 0 radical (unpaired) electrons. The summed E-state index contributed by atoms with van der Waals surface area (Å²) >= 11 is 0. The Kier molecular flexibility index (Phi) is 3.81. The molecule has 0 saturated carbocycles. The summed E-state index contributed by atoms with van der Waals surface area (Å²) < 4.78 is 0. The molecule has 0 bridgehead atoms. The number of hydrogen-bond acceptors (Lipinski definition) is 4. The second-order valence-electron chi connectivity index (χ2n) is 4.84. The molecule has 0 atom stereocenters. The van der Waals surface area contributed by atoms with Crippen LogP contribution in [0.1, 0.15) is 23.2 Å². The number of piperidine rings is 1. The Hall–Kier alpha value is -1.62. The number of nitrogens with zero attached hydrogens (tertiary/aromatic N) is 3. The minimum atomic E-state index is -0.919. The average Bonchev–Trinajstić information content (AvgIpc) is 2.39. The number of pyridine rings is 1. The van der Waals surface area contributed by atoms with E-state index < -0.39 is 5.97 Å². The highest BCUT2D eigenvalue weighted by molar-refractivity contribution is 5.94. The number of anilines is 1. The predicted octanol–water partition coefficient (Wildman–Crippen LogP) is 1.31. The van der Waals surface area contributed by atoms with Crippen molar-refractivity contribution in [3.8, 4) is 0 Å². The van der Waals surface area contributed by atoms with Gasteiger partial charge in [-0.3, -0.25) is 4.98 Å². The fraction of sp³-hybridized carbons (Fsp3) is 0.538. The van der Waals surface area contributed by atoms with E-state index in [2.05, 4.69) is 21.8 Å². The highest BCUT2D eigenvalue weighted by Gasteiger charge is 2.23. The molecule has 0 aromatic carbocycles. The van der Waals surface area contributed by atoms with Crippen molar-refractivity contribution in [1.82, 2.24) is 9.88 Å². The first-order valence-corrected chi connectivity index (χ1v) is 6.18. The van der Waals surface area contributed by atoms with E-state index in [0.717, 1.165) is 31.6 Å². The van der Waals surface area contributed by atoms with Gasteiger partial charge in [-0.25, -0.2) is 4.79 Å². The van der Waals surface area contributed by atoms with Gasteiger partial charge in [0.1, 0.15) is 5.56 Å². The Bertz CT molecular complexity index is 428. The van der Waals surface area contributed by atoms with Crippen LogP contribution >= 0.6 is 0 Å². The molecule has 2 rings (SSSR count). The third-order valence-electron chi connectivity index (χ3n) is 3.64. The lowest BCUT2D eigenvalue weighted by molar-refractivity contribution is 0.0697. The van der Waals surface area contributed by atoms with Crippen molar-refractivity contribution in [2.45, 2.75) is 18.9 Å². The highest BCUT2D eigenvalue weighted by atomic mass is 16.4. The van der Waals surface area contributed by atoms with Gasteiger partial charge < -0.3 is 14.9 Å². The third kappa shape index (κ3) is 2.61. The number of carbonyl (C=O) groups is 1. The maximum Gasteiger partial charge on any atom is 0.339 e. The minimum absolute atomic E-state index is 0.277. The first-order chi connectivity index (χ1) is 8.59. The summed E-state index contributed by atoms with van der Waals surface area (Å²) in [5.74, 6) is -0.919. The molecule has 1 fully saturated rings. The Balaban J connectivity index is 2.18. The Morgan fingerprint density at radius 1 is 1.50 bits per heavy atom. The molecule has 1 aliphatic rings. The fourth-order valence-electron chi connectivity index (χ4n) is 2.44. The van der Waals surface area contributed by atoms with Crippen molar-refractivity contribution in [3.63, 3.8) is 0 Å². The van der Waals surface area contributed by atoms with Gasteiger partial charge >= 0.3 is 5.97 Å². The molecule has 2 heterocycles. The molecule has 18 heavy (non-hydrogen) atoms. The molecule has 1 aliphatic heterocycles. The minimum Gasteiger partial charge on any atom is -0.478 e. The van der Waals surface area contributed by atoms with Crippen molar-refractivity contribution in [2.75, 3.05) is 32.1 Å². The van der Waals surface area contributed by atoms with Crippen molar-refractivity contribution in [3.05, 3.63) is 24.0 Å². The monoisotopic (exact) mass is 249 g/mol. The second-order valence-corrected chi connectivity index (χ2v) is 4.84. The van der Waals surface area contributed by atoms with Gasteiger partial charge in [0, 0.05) is 25.5 Å². The summed E-state index contributed by atoms with van der Waals surface area (Å²) in [5.41, 5.74) is 1.03. The molecular weight excluding hydrogens is 230 g/mol. The summed E-state index contributed by atoms with van der Waals surface area (Å²) in [4.78, 5) is 19.5. The van der Waals surface area contributed by atoms with E-state index in [1.54, 1.807) is 12.3 Å². The Labute approximate surface area is 107 Å². The molecule has 98 valence electrons. The van der Waals surface area contributed by atoms with Gasteiger partial charge in [0.2, 0.25) is 0 Å². The van der Waals surface area contributed by atoms with Crippen LogP contribution < -0.4 is 4.90 Å². The van der Waals surface area contributed by atoms with Crippen LogP contribution in [0.2, 0.25) is 0 Å². The van der Waals surface area contributed by atoms with Gasteiger partial charge in [-0.15, -0.1) is 0 Å². The van der Waals surface area contributed by atoms with Gasteiger partial charge in [-0.1, -0.05) is 0 Å². The summed E-state index contributed by atoms with van der Waals surface area (Å²) in [6, 6.07) is 2.18. The largest absolute Gasteiger partial charge is 0.478 e. The SMILES string of the molecule is CN1CCC(N(C)c2ccncc2C(=O)O)CC1. The molecule has 5 heteroatoms. The number of hydrogen-bond donors (Lipinski definition) is 1. The molecule has 1 aromatic rings. The van der Waals surface area contributed by atoms with E-state index in [0.29, 0.717) is 6.04 Å². The summed E-state index contributed by atoms with van der Waals surface area (Å²) in [6.45, 7) is 2.12. The zero-order chi connectivity index (χ0) is 13.1. The number of aromatic carboxylic acids is 1. The number of likely N-dealkylation sites (tertiary alicyclic amines) is 1. The van der Waals surface area contributed by atoms with Gasteiger partial charge in [0.05, 0.1) is 5.69 Å². The number of carboxylic acid groups (broad SMARTS) is 1. The zero-order valence-corrected chi connectivity index (χ0v) is 10.8.